The Morgan fingerprint density at radius 1 is 1.33 bits per heavy atom. The van der Waals surface area contributed by atoms with Crippen molar-refractivity contribution >= 4 is 22.2 Å². The predicted octanol–water partition coefficient (Wildman–Crippen LogP) is 3.93. The maximum absolute atomic E-state index is 11.2. The summed E-state index contributed by atoms with van der Waals surface area (Å²) in [5.74, 6) is 0.634. The van der Waals surface area contributed by atoms with Gasteiger partial charge < -0.3 is 4.74 Å². The molecular formula is C16H19BrN2O2. The van der Waals surface area contributed by atoms with Crippen molar-refractivity contribution < 1.29 is 9.53 Å². The molecule has 2 rings (SSSR count). The summed E-state index contributed by atoms with van der Waals surface area (Å²) in [5.41, 5.74) is 3.57. The lowest BCUT2D eigenvalue weighted by Crippen LogP contribution is -2.07. The topological polar surface area (TPSA) is 44.1 Å². The SMILES string of the molecule is CCc1cc(COc2c(C)cc(Br)cc2C=O)n(CC)n1. The number of aryl methyl sites for hydroxylation is 3. The summed E-state index contributed by atoms with van der Waals surface area (Å²) >= 11 is 3.39. The second kappa shape index (κ2) is 6.89. The molecule has 1 aromatic heterocycles. The number of aromatic nitrogens is 2. The first-order valence-electron chi connectivity index (χ1n) is 7.02. The first kappa shape index (κ1) is 15.8. The Kier molecular flexibility index (Phi) is 5.17. The zero-order valence-electron chi connectivity index (χ0n) is 12.5. The van der Waals surface area contributed by atoms with Crippen LogP contribution in [0.2, 0.25) is 0 Å². The molecule has 21 heavy (non-hydrogen) atoms. The summed E-state index contributed by atoms with van der Waals surface area (Å²) in [5, 5.41) is 4.50. The molecule has 0 bridgehead atoms. The largest absolute Gasteiger partial charge is 0.486 e. The quantitative estimate of drug-likeness (QED) is 0.741. The zero-order chi connectivity index (χ0) is 15.4. The molecule has 2 aromatic rings. The molecule has 0 amide bonds. The van der Waals surface area contributed by atoms with E-state index in [1.807, 2.05) is 17.7 Å². The standard InChI is InChI=1S/C16H19BrN2O2/c1-4-14-8-15(19(5-2)18-14)10-21-16-11(3)6-13(17)7-12(16)9-20/h6-9H,4-5,10H2,1-3H3. The Hall–Kier alpha value is -1.62. The molecule has 0 aliphatic rings. The Labute approximate surface area is 133 Å². The van der Waals surface area contributed by atoms with Crippen molar-refractivity contribution in [2.45, 2.75) is 40.3 Å². The van der Waals surface area contributed by atoms with Crippen LogP contribution in [0.15, 0.2) is 22.7 Å². The third-order valence-corrected chi connectivity index (χ3v) is 3.79. The highest BCUT2D eigenvalue weighted by molar-refractivity contribution is 9.10. The highest BCUT2D eigenvalue weighted by Crippen LogP contribution is 2.27. The van der Waals surface area contributed by atoms with E-state index in [0.717, 1.165) is 40.7 Å². The maximum atomic E-state index is 11.2. The molecule has 0 fully saturated rings. The Bertz CT molecular complexity index is 650. The minimum atomic E-state index is 0.407. The molecule has 0 radical (unpaired) electrons. The number of carbonyl (C=O) groups is 1. The third kappa shape index (κ3) is 3.53. The summed E-state index contributed by atoms with van der Waals surface area (Å²) < 4.78 is 8.70. The van der Waals surface area contributed by atoms with Crippen LogP contribution in [0.4, 0.5) is 0 Å². The minimum Gasteiger partial charge on any atom is -0.486 e. The minimum absolute atomic E-state index is 0.407. The molecule has 0 unspecified atom stereocenters. The second-order valence-corrected chi connectivity index (χ2v) is 5.76. The van der Waals surface area contributed by atoms with Gasteiger partial charge in [0.15, 0.2) is 6.29 Å². The molecule has 112 valence electrons. The fraction of sp³-hybridized carbons (Fsp3) is 0.375. The van der Waals surface area contributed by atoms with Gasteiger partial charge in [-0.15, -0.1) is 0 Å². The zero-order valence-corrected chi connectivity index (χ0v) is 14.1. The van der Waals surface area contributed by atoms with E-state index in [1.54, 1.807) is 6.07 Å². The highest BCUT2D eigenvalue weighted by Gasteiger charge is 2.11. The molecule has 0 N–H and O–H groups in total. The monoisotopic (exact) mass is 350 g/mol. The van der Waals surface area contributed by atoms with Crippen LogP contribution in [-0.4, -0.2) is 16.1 Å². The number of ether oxygens (including phenoxy) is 1. The van der Waals surface area contributed by atoms with E-state index in [9.17, 15) is 4.79 Å². The van der Waals surface area contributed by atoms with Crippen molar-refractivity contribution in [2.75, 3.05) is 0 Å². The van der Waals surface area contributed by atoms with Crippen LogP contribution in [0, 0.1) is 6.92 Å². The normalized spacial score (nSPS) is 10.7. The number of benzene rings is 1. The van der Waals surface area contributed by atoms with Crippen LogP contribution in [0.25, 0.3) is 0 Å². The number of rotatable bonds is 6. The Morgan fingerprint density at radius 3 is 2.71 bits per heavy atom. The summed E-state index contributed by atoms with van der Waals surface area (Å²) in [7, 11) is 0. The maximum Gasteiger partial charge on any atom is 0.153 e. The average molecular weight is 351 g/mol. The van der Waals surface area contributed by atoms with Gasteiger partial charge in [-0.05, 0) is 44.0 Å². The molecular weight excluding hydrogens is 332 g/mol. The third-order valence-electron chi connectivity index (χ3n) is 3.34. The molecule has 0 spiro atoms. The van der Waals surface area contributed by atoms with Gasteiger partial charge >= 0.3 is 0 Å². The van der Waals surface area contributed by atoms with Gasteiger partial charge in [-0.3, -0.25) is 9.48 Å². The number of aldehydes is 1. The molecule has 1 aromatic carbocycles. The van der Waals surface area contributed by atoms with E-state index in [1.165, 1.54) is 0 Å². The van der Waals surface area contributed by atoms with Gasteiger partial charge in [0, 0.05) is 11.0 Å². The van der Waals surface area contributed by atoms with Crippen LogP contribution in [0.3, 0.4) is 0 Å². The van der Waals surface area contributed by atoms with Gasteiger partial charge in [0.05, 0.1) is 17.0 Å². The average Bonchev–Trinajstić information content (AvgIpc) is 2.88. The van der Waals surface area contributed by atoms with Crippen LogP contribution >= 0.6 is 15.9 Å². The molecule has 4 nitrogen and oxygen atoms in total. The molecule has 0 saturated heterocycles. The lowest BCUT2D eigenvalue weighted by molar-refractivity contribution is 0.111. The van der Waals surface area contributed by atoms with Crippen LogP contribution in [-0.2, 0) is 19.6 Å². The Balaban J connectivity index is 2.24. The molecule has 0 aliphatic carbocycles. The van der Waals surface area contributed by atoms with Crippen molar-refractivity contribution in [1.82, 2.24) is 9.78 Å². The van der Waals surface area contributed by atoms with Crippen molar-refractivity contribution in [1.29, 1.82) is 0 Å². The number of halogens is 1. The van der Waals surface area contributed by atoms with Gasteiger partial charge in [0.2, 0.25) is 0 Å². The second-order valence-electron chi connectivity index (χ2n) is 4.84. The van der Waals surface area contributed by atoms with E-state index in [4.69, 9.17) is 4.74 Å². The Morgan fingerprint density at radius 2 is 2.10 bits per heavy atom. The van der Waals surface area contributed by atoms with Gasteiger partial charge in [-0.1, -0.05) is 22.9 Å². The van der Waals surface area contributed by atoms with Crippen molar-refractivity contribution in [3.63, 3.8) is 0 Å². The summed E-state index contributed by atoms with van der Waals surface area (Å²) in [6, 6.07) is 5.76. The highest BCUT2D eigenvalue weighted by atomic mass is 79.9. The first-order chi connectivity index (χ1) is 10.1. The van der Waals surface area contributed by atoms with E-state index in [0.29, 0.717) is 17.9 Å². The fourth-order valence-electron chi connectivity index (χ4n) is 2.26. The summed E-state index contributed by atoms with van der Waals surface area (Å²) in [4.78, 5) is 11.2. The summed E-state index contributed by atoms with van der Waals surface area (Å²) in [6.07, 6.45) is 1.72. The van der Waals surface area contributed by atoms with E-state index in [2.05, 4.69) is 40.9 Å². The van der Waals surface area contributed by atoms with Crippen molar-refractivity contribution in [3.8, 4) is 5.75 Å². The molecule has 0 aliphatic heterocycles. The van der Waals surface area contributed by atoms with Gasteiger partial charge in [-0.2, -0.15) is 5.10 Å². The summed E-state index contributed by atoms with van der Waals surface area (Å²) in [6.45, 7) is 7.28. The number of carbonyl (C=O) groups excluding carboxylic acids is 1. The molecule has 0 saturated carbocycles. The fourth-order valence-corrected chi connectivity index (χ4v) is 2.85. The number of hydrogen-bond donors (Lipinski definition) is 0. The smallest absolute Gasteiger partial charge is 0.153 e. The lowest BCUT2D eigenvalue weighted by atomic mass is 10.1. The van der Waals surface area contributed by atoms with Gasteiger partial charge in [0.1, 0.15) is 12.4 Å². The number of hydrogen-bond acceptors (Lipinski definition) is 3. The number of nitrogens with zero attached hydrogens (tertiary/aromatic N) is 2. The van der Waals surface area contributed by atoms with E-state index >= 15 is 0 Å². The first-order valence-corrected chi connectivity index (χ1v) is 7.82. The van der Waals surface area contributed by atoms with E-state index in [-0.39, 0.29) is 0 Å². The van der Waals surface area contributed by atoms with Crippen molar-refractivity contribution in [3.05, 3.63) is 45.2 Å². The lowest BCUT2D eigenvalue weighted by Gasteiger charge is -2.12. The predicted molar refractivity (Wildman–Crippen MR) is 85.9 cm³/mol. The van der Waals surface area contributed by atoms with Crippen LogP contribution in [0.1, 0.15) is 41.2 Å². The van der Waals surface area contributed by atoms with E-state index < -0.39 is 0 Å². The van der Waals surface area contributed by atoms with Crippen LogP contribution in [0.5, 0.6) is 5.75 Å². The van der Waals surface area contributed by atoms with Crippen LogP contribution < -0.4 is 4.74 Å². The van der Waals surface area contributed by atoms with Crippen molar-refractivity contribution in [2.24, 2.45) is 0 Å². The molecule has 1 heterocycles. The van der Waals surface area contributed by atoms with Gasteiger partial charge in [0.25, 0.3) is 0 Å². The van der Waals surface area contributed by atoms with Gasteiger partial charge in [-0.25, -0.2) is 0 Å². The molecule has 5 heteroatoms. The molecule has 0 atom stereocenters.